The lowest BCUT2D eigenvalue weighted by atomic mass is 10.4. The molecule has 70 valence electrons. The minimum absolute atomic E-state index is 0.697. The number of hydrogen-bond acceptors (Lipinski definition) is 4. The van der Waals surface area contributed by atoms with E-state index in [1.165, 1.54) is 12.3 Å². The van der Waals surface area contributed by atoms with E-state index >= 15 is 0 Å². The van der Waals surface area contributed by atoms with Crippen molar-refractivity contribution >= 4 is 11.8 Å². The molecule has 2 heterocycles. The van der Waals surface area contributed by atoms with Gasteiger partial charge in [-0.2, -0.15) is 0 Å². The van der Waals surface area contributed by atoms with Gasteiger partial charge in [-0.15, -0.1) is 11.8 Å². The van der Waals surface area contributed by atoms with E-state index in [4.69, 9.17) is 4.74 Å². The smallest absolute Gasteiger partial charge is 0.0685 e. The molecule has 0 aliphatic carbocycles. The summed E-state index contributed by atoms with van der Waals surface area (Å²) in [5, 5.41) is 4.13. The first-order valence-corrected chi connectivity index (χ1v) is 5.66. The fraction of sp³-hybridized carbons (Fsp3) is 1.00. The summed E-state index contributed by atoms with van der Waals surface area (Å²) in [6.45, 7) is 6.36. The average Bonchev–Trinajstić information content (AvgIpc) is 2.21. The maximum absolute atomic E-state index is 5.32. The summed E-state index contributed by atoms with van der Waals surface area (Å²) in [6.07, 6.45) is 0. The third-order valence-corrected chi connectivity index (χ3v) is 3.65. The second kappa shape index (κ2) is 4.46. The summed E-state index contributed by atoms with van der Waals surface area (Å²) < 4.78 is 5.32. The molecule has 0 aromatic heterocycles. The Morgan fingerprint density at radius 3 is 2.83 bits per heavy atom. The van der Waals surface area contributed by atoms with Crippen LogP contribution >= 0.6 is 11.8 Å². The van der Waals surface area contributed by atoms with E-state index in [0.29, 0.717) is 5.37 Å². The zero-order valence-electron chi connectivity index (χ0n) is 7.29. The Morgan fingerprint density at radius 1 is 1.33 bits per heavy atom. The fourth-order valence-corrected chi connectivity index (χ4v) is 2.84. The van der Waals surface area contributed by atoms with Crippen LogP contribution in [-0.2, 0) is 4.74 Å². The molecule has 0 aromatic carbocycles. The van der Waals surface area contributed by atoms with Gasteiger partial charge in [0.25, 0.3) is 0 Å². The number of nitrogens with one attached hydrogen (secondary N) is 1. The Balaban J connectivity index is 1.80. The average molecular weight is 188 g/mol. The molecule has 2 aliphatic heterocycles. The van der Waals surface area contributed by atoms with Crippen LogP contribution in [0.2, 0.25) is 0 Å². The molecule has 2 saturated heterocycles. The van der Waals surface area contributed by atoms with Gasteiger partial charge in [-0.25, -0.2) is 0 Å². The predicted octanol–water partition coefficient (Wildman–Crippen LogP) is -0.0189. The standard InChI is InChI=1S/C8H16N2OS/c1-6-12-8(7-9-1)10-2-4-11-5-3-10/h8-9H,1-7H2. The summed E-state index contributed by atoms with van der Waals surface area (Å²) in [6, 6.07) is 0. The van der Waals surface area contributed by atoms with E-state index < -0.39 is 0 Å². The molecule has 4 heteroatoms. The highest BCUT2D eigenvalue weighted by atomic mass is 32.2. The van der Waals surface area contributed by atoms with Crippen LogP contribution in [0.1, 0.15) is 0 Å². The minimum atomic E-state index is 0.697. The van der Waals surface area contributed by atoms with Crippen molar-refractivity contribution in [1.82, 2.24) is 10.2 Å². The van der Waals surface area contributed by atoms with Crippen LogP contribution in [0.3, 0.4) is 0 Å². The van der Waals surface area contributed by atoms with Crippen LogP contribution in [0.25, 0.3) is 0 Å². The first-order chi connectivity index (χ1) is 5.97. The molecule has 1 unspecified atom stereocenters. The lowest BCUT2D eigenvalue weighted by Gasteiger charge is -2.36. The Hall–Kier alpha value is 0.230. The van der Waals surface area contributed by atoms with E-state index in [1.54, 1.807) is 0 Å². The highest BCUT2D eigenvalue weighted by Crippen LogP contribution is 2.18. The zero-order chi connectivity index (χ0) is 8.23. The van der Waals surface area contributed by atoms with E-state index in [-0.39, 0.29) is 0 Å². The van der Waals surface area contributed by atoms with Gasteiger partial charge in [0.2, 0.25) is 0 Å². The van der Waals surface area contributed by atoms with Crippen molar-refractivity contribution in [1.29, 1.82) is 0 Å². The number of rotatable bonds is 1. The van der Waals surface area contributed by atoms with Gasteiger partial charge < -0.3 is 10.1 Å². The second-order valence-corrected chi connectivity index (χ2v) is 4.46. The summed E-state index contributed by atoms with van der Waals surface area (Å²) in [7, 11) is 0. The first kappa shape index (κ1) is 8.81. The molecule has 2 aliphatic rings. The van der Waals surface area contributed by atoms with Gasteiger partial charge in [-0.05, 0) is 0 Å². The molecule has 0 amide bonds. The second-order valence-electron chi connectivity index (χ2n) is 3.18. The number of ether oxygens (including phenoxy) is 1. The molecule has 2 rings (SSSR count). The summed E-state index contributed by atoms with van der Waals surface area (Å²) in [5.74, 6) is 1.25. The van der Waals surface area contributed by atoms with Crippen molar-refractivity contribution in [3.05, 3.63) is 0 Å². The van der Waals surface area contributed by atoms with Crippen molar-refractivity contribution in [3.63, 3.8) is 0 Å². The van der Waals surface area contributed by atoms with Crippen LogP contribution in [-0.4, -0.2) is 55.4 Å². The predicted molar refractivity (Wildman–Crippen MR) is 51.5 cm³/mol. The van der Waals surface area contributed by atoms with E-state index in [2.05, 4.69) is 22.0 Å². The molecule has 0 radical (unpaired) electrons. The normalized spacial score (nSPS) is 33.5. The van der Waals surface area contributed by atoms with Crippen LogP contribution < -0.4 is 5.32 Å². The SMILES string of the molecule is C1CSC(N2CCOCC2)CN1. The van der Waals surface area contributed by atoms with Crippen LogP contribution in [0, 0.1) is 0 Å². The summed E-state index contributed by atoms with van der Waals surface area (Å²) in [5.41, 5.74) is 0. The molecular weight excluding hydrogens is 172 g/mol. The Kier molecular flexibility index (Phi) is 3.28. The molecule has 1 N–H and O–H groups in total. The third-order valence-electron chi connectivity index (χ3n) is 2.36. The van der Waals surface area contributed by atoms with Crippen LogP contribution in [0.15, 0.2) is 0 Å². The van der Waals surface area contributed by atoms with Crippen molar-refractivity contribution in [2.45, 2.75) is 5.37 Å². The van der Waals surface area contributed by atoms with Crippen molar-refractivity contribution in [2.75, 3.05) is 45.1 Å². The summed E-state index contributed by atoms with van der Waals surface area (Å²) in [4.78, 5) is 2.53. The maximum atomic E-state index is 5.32. The van der Waals surface area contributed by atoms with Gasteiger partial charge in [-0.3, -0.25) is 4.90 Å². The minimum Gasteiger partial charge on any atom is -0.379 e. The fourth-order valence-electron chi connectivity index (χ4n) is 1.65. The summed E-state index contributed by atoms with van der Waals surface area (Å²) >= 11 is 2.08. The van der Waals surface area contributed by atoms with Crippen molar-refractivity contribution in [2.24, 2.45) is 0 Å². The number of hydrogen-bond donors (Lipinski definition) is 1. The number of thioether (sulfide) groups is 1. The Morgan fingerprint density at radius 2 is 2.17 bits per heavy atom. The molecule has 0 bridgehead atoms. The van der Waals surface area contributed by atoms with Gasteiger partial charge in [0, 0.05) is 31.9 Å². The maximum Gasteiger partial charge on any atom is 0.0685 e. The lowest BCUT2D eigenvalue weighted by molar-refractivity contribution is 0.0323. The molecule has 0 spiro atoms. The van der Waals surface area contributed by atoms with E-state index in [0.717, 1.165) is 32.8 Å². The van der Waals surface area contributed by atoms with Crippen LogP contribution in [0.5, 0.6) is 0 Å². The van der Waals surface area contributed by atoms with Crippen LogP contribution in [0.4, 0.5) is 0 Å². The monoisotopic (exact) mass is 188 g/mol. The van der Waals surface area contributed by atoms with Crippen molar-refractivity contribution < 1.29 is 4.74 Å². The Bertz CT molecular complexity index is 117. The molecular formula is C8H16N2OS. The molecule has 12 heavy (non-hydrogen) atoms. The van der Waals surface area contributed by atoms with Gasteiger partial charge in [0.05, 0.1) is 18.6 Å². The van der Waals surface area contributed by atoms with Crippen molar-refractivity contribution in [3.8, 4) is 0 Å². The number of morpholine rings is 1. The highest BCUT2D eigenvalue weighted by molar-refractivity contribution is 7.99. The molecule has 3 nitrogen and oxygen atoms in total. The molecule has 0 aromatic rings. The van der Waals surface area contributed by atoms with Gasteiger partial charge in [-0.1, -0.05) is 0 Å². The Labute approximate surface area is 77.8 Å². The van der Waals surface area contributed by atoms with E-state index in [1.807, 2.05) is 0 Å². The largest absolute Gasteiger partial charge is 0.379 e. The first-order valence-electron chi connectivity index (χ1n) is 4.61. The molecule has 2 fully saturated rings. The number of nitrogens with zero attached hydrogens (tertiary/aromatic N) is 1. The van der Waals surface area contributed by atoms with Gasteiger partial charge in [0.1, 0.15) is 0 Å². The zero-order valence-corrected chi connectivity index (χ0v) is 8.11. The molecule has 0 saturated carbocycles. The quantitative estimate of drug-likeness (QED) is 0.625. The lowest BCUT2D eigenvalue weighted by Crippen LogP contribution is -2.48. The highest BCUT2D eigenvalue weighted by Gasteiger charge is 2.22. The van der Waals surface area contributed by atoms with Gasteiger partial charge in [0.15, 0.2) is 0 Å². The topological polar surface area (TPSA) is 24.5 Å². The third kappa shape index (κ3) is 2.13. The molecule has 1 atom stereocenters. The van der Waals surface area contributed by atoms with E-state index in [9.17, 15) is 0 Å². The van der Waals surface area contributed by atoms with Gasteiger partial charge >= 0.3 is 0 Å².